The topological polar surface area (TPSA) is 35.6 Å². The van der Waals surface area contributed by atoms with Gasteiger partial charge in [-0.05, 0) is 69.9 Å². The van der Waals surface area contributed by atoms with Crippen molar-refractivity contribution >= 4 is 5.91 Å². The number of piperidine rings is 1. The van der Waals surface area contributed by atoms with E-state index >= 15 is 0 Å². The van der Waals surface area contributed by atoms with Gasteiger partial charge in [-0.3, -0.25) is 9.69 Å². The Kier molecular flexibility index (Phi) is 9.13. The molecule has 4 nitrogen and oxygen atoms in total. The molecule has 1 fully saturated rings. The fraction of sp³-hybridized carbons (Fsp3) is 0.682. The zero-order valence-electron chi connectivity index (χ0n) is 16.9. The number of nitrogens with zero attached hydrogens (tertiary/aromatic N) is 2. The summed E-state index contributed by atoms with van der Waals surface area (Å²) in [6.45, 7) is 12.8. The zero-order chi connectivity index (χ0) is 18.8. The fourth-order valence-corrected chi connectivity index (χ4v) is 3.81. The maximum Gasteiger partial charge on any atom is 0.241 e. The highest BCUT2D eigenvalue weighted by Gasteiger charge is 2.25. The Balaban J connectivity index is 1.76. The van der Waals surface area contributed by atoms with Crippen LogP contribution in [0.4, 0.5) is 0 Å². The number of hydrogen-bond acceptors (Lipinski definition) is 3. The number of likely N-dealkylation sites (N-methyl/N-ethyl adjacent to an activating group) is 1. The molecular weight excluding hydrogens is 322 g/mol. The van der Waals surface area contributed by atoms with Crippen LogP contribution in [0.25, 0.3) is 0 Å². The molecule has 1 amide bonds. The molecule has 0 saturated carbocycles. The van der Waals surface area contributed by atoms with Crippen molar-refractivity contribution < 1.29 is 4.79 Å². The van der Waals surface area contributed by atoms with E-state index in [0.29, 0.717) is 0 Å². The summed E-state index contributed by atoms with van der Waals surface area (Å²) in [5.41, 5.74) is 1.08. The van der Waals surface area contributed by atoms with Crippen LogP contribution < -0.4 is 5.32 Å². The van der Waals surface area contributed by atoms with Gasteiger partial charge in [-0.1, -0.05) is 51.1 Å². The van der Waals surface area contributed by atoms with Crippen LogP contribution >= 0.6 is 0 Å². The summed E-state index contributed by atoms with van der Waals surface area (Å²) in [5, 5.41) is 3.18. The Morgan fingerprint density at radius 3 is 2.42 bits per heavy atom. The molecule has 1 unspecified atom stereocenters. The first-order valence-electron chi connectivity index (χ1n) is 10.4. The van der Waals surface area contributed by atoms with Crippen molar-refractivity contribution in [2.75, 3.05) is 39.3 Å². The van der Waals surface area contributed by atoms with Crippen LogP contribution in [0.1, 0.15) is 58.1 Å². The number of likely N-dealkylation sites (tertiary alicyclic amines) is 1. The molecule has 146 valence electrons. The van der Waals surface area contributed by atoms with E-state index < -0.39 is 0 Å². The van der Waals surface area contributed by atoms with Crippen LogP contribution in [-0.2, 0) is 4.79 Å². The standard InChI is InChI=1S/C22H37N3O/c1-4-25(5-2)21(20-11-7-6-8-12-20)22(26)23-15-9-10-16-24-17-13-19(3)14-18-24/h6-8,11-12,19,21H,4-5,9-10,13-18H2,1-3H3,(H,23,26). The van der Waals surface area contributed by atoms with Gasteiger partial charge >= 0.3 is 0 Å². The monoisotopic (exact) mass is 359 g/mol. The number of benzene rings is 1. The van der Waals surface area contributed by atoms with Gasteiger partial charge < -0.3 is 10.2 Å². The fourth-order valence-electron chi connectivity index (χ4n) is 3.81. The number of amides is 1. The van der Waals surface area contributed by atoms with E-state index in [1.54, 1.807) is 0 Å². The van der Waals surface area contributed by atoms with E-state index in [1.165, 1.54) is 32.5 Å². The molecule has 1 atom stereocenters. The predicted molar refractivity (Wildman–Crippen MR) is 109 cm³/mol. The SMILES string of the molecule is CCN(CC)C(C(=O)NCCCCN1CCC(C)CC1)c1ccccc1. The second-order valence-corrected chi connectivity index (χ2v) is 7.56. The lowest BCUT2D eigenvalue weighted by Gasteiger charge is -2.30. The van der Waals surface area contributed by atoms with Gasteiger partial charge in [0.2, 0.25) is 5.91 Å². The average Bonchev–Trinajstić information content (AvgIpc) is 2.67. The van der Waals surface area contributed by atoms with Crippen LogP contribution in [0, 0.1) is 5.92 Å². The van der Waals surface area contributed by atoms with Gasteiger partial charge in [0, 0.05) is 6.54 Å². The number of carbonyl (C=O) groups excluding carboxylic acids is 1. The van der Waals surface area contributed by atoms with Gasteiger partial charge in [0.25, 0.3) is 0 Å². The maximum atomic E-state index is 12.8. The molecule has 0 bridgehead atoms. The molecule has 1 aliphatic heterocycles. The third-order valence-corrected chi connectivity index (χ3v) is 5.62. The van der Waals surface area contributed by atoms with Crippen molar-refractivity contribution in [3.8, 4) is 0 Å². The highest BCUT2D eigenvalue weighted by atomic mass is 16.2. The van der Waals surface area contributed by atoms with Crippen LogP contribution in [-0.4, -0.2) is 55.0 Å². The summed E-state index contributed by atoms with van der Waals surface area (Å²) in [7, 11) is 0. The molecule has 0 aromatic heterocycles. The van der Waals surface area contributed by atoms with Crippen molar-refractivity contribution in [3.63, 3.8) is 0 Å². The number of unbranched alkanes of at least 4 members (excludes halogenated alkanes) is 1. The van der Waals surface area contributed by atoms with Gasteiger partial charge in [-0.2, -0.15) is 0 Å². The molecule has 0 radical (unpaired) electrons. The summed E-state index contributed by atoms with van der Waals surface area (Å²) in [4.78, 5) is 17.6. The van der Waals surface area contributed by atoms with Crippen LogP contribution in [0.15, 0.2) is 30.3 Å². The van der Waals surface area contributed by atoms with E-state index in [-0.39, 0.29) is 11.9 Å². The lowest BCUT2D eigenvalue weighted by atomic mass is 9.99. The lowest BCUT2D eigenvalue weighted by Crippen LogP contribution is -2.41. The quantitative estimate of drug-likeness (QED) is 0.647. The Labute approximate surface area is 159 Å². The summed E-state index contributed by atoms with van der Waals surface area (Å²) in [5.74, 6) is 1.02. The van der Waals surface area contributed by atoms with Crippen LogP contribution in [0.3, 0.4) is 0 Å². The van der Waals surface area contributed by atoms with Gasteiger partial charge in [0.15, 0.2) is 0 Å². The van der Waals surface area contributed by atoms with Gasteiger partial charge in [-0.25, -0.2) is 0 Å². The molecule has 1 aliphatic rings. The largest absolute Gasteiger partial charge is 0.354 e. The smallest absolute Gasteiger partial charge is 0.241 e. The third kappa shape index (κ3) is 6.40. The number of hydrogen-bond donors (Lipinski definition) is 1. The van der Waals surface area contributed by atoms with Crippen molar-refractivity contribution in [2.45, 2.75) is 52.5 Å². The Morgan fingerprint density at radius 2 is 1.81 bits per heavy atom. The number of carbonyl (C=O) groups is 1. The van der Waals surface area contributed by atoms with Gasteiger partial charge in [0.05, 0.1) is 0 Å². The molecule has 1 saturated heterocycles. The van der Waals surface area contributed by atoms with Crippen LogP contribution in [0.5, 0.6) is 0 Å². The Morgan fingerprint density at radius 1 is 1.15 bits per heavy atom. The molecule has 0 spiro atoms. The van der Waals surface area contributed by atoms with Crippen molar-refractivity contribution in [1.82, 2.24) is 15.1 Å². The summed E-state index contributed by atoms with van der Waals surface area (Å²) < 4.78 is 0. The lowest BCUT2D eigenvalue weighted by molar-refractivity contribution is -0.126. The van der Waals surface area contributed by atoms with Gasteiger partial charge in [0.1, 0.15) is 6.04 Å². The molecule has 1 heterocycles. The molecular formula is C22H37N3O. The van der Waals surface area contributed by atoms with Crippen molar-refractivity contribution in [2.24, 2.45) is 5.92 Å². The van der Waals surface area contributed by atoms with Crippen molar-refractivity contribution in [1.29, 1.82) is 0 Å². The first-order valence-corrected chi connectivity index (χ1v) is 10.4. The molecule has 2 rings (SSSR count). The molecule has 1 N–H and O–H groups in total. The second-order valence-electron chi connectivity index (χ2n) is 7.56. The first-order chi connectivity index (χ1) is 12.7. The average molecular weight is 360 g/mol. The van der Waals surface area contributed by atoms with E-state index in [9.17, 15) is 4.79 Å². The summed E-state index contributed by atoms with van der Waals surface area (Å²) in [6, 6.07) is 9.95. The van der Waals surface area contributed by atoms with E-state index in [2.05, 4.69) is 48.0 Å². The second kappa shape index (κ2) is 11.3. The summed E-state index contributed by atoms with van der Waals surface area (Å²) in [6.07, 6.45) is 4.88. The molecule has 0 aliphatic carbocycles. The minimum atomic E-state index is -0.185. The van der Waals surface area contributed by atoms with E-state index in [0.717, 1.165) is 44.0 Å². The van der Waals surface area contributed by atoms with Crippen LogP contribution in [0.2, 0.25) is 0 Å². The maximum absolute atomic E-state index is 12.8. The van der Waals surface area contributed by atoms with Gasteiger partial charge in [-0.15, -0.1) is 0 Å². The normalized spacial score (nSPS) is 17.4. The van der Waals surface area contributed by atoms with Crippen molar-refractivity contribution in [3.05, 3.63) is 35.9 Å². The molecule has 1 aromatic carbocycles. The Hall–Kier alpha value is -1.39. The number of rotatable bonds is 10. The minimum absolute atomic E-state index is 0.131. The predicted octanol–water partition coefficient (Wildman–Crippen LogP) is 3.70. The zero-order valence-corrected chi connectivity index (χ0v) is 16.9. The summed E-state index contributed by atoms with van der Waals surface area (Å²) >= 11 is 0. The molecule has 4 heteroatoms. The minimum Gasteiger partial charge on any atom is -0.354 e. The third-order valence-electron chi connectivity index (χ3n) is 5.62. The highest BCUT2D eigenvalue weighted by molar-refractivity contribution is 5.83. The first kappa shape index (κ1) is 20.9. The molecule has 26 heavy (non-hydrogen) atoms. The highest BCUT2D eigenvalue weighted by Crippen LogP contribution is 2.20. The molecule has 1 aromatic rings. The van der Waals surface area contributed by atoms with E-state index in [4.69, 9.17) is 0 Å². The number of nitrogens with one attached hydrogen (secondary N) is 1. The van der Waals surface area contributed by atoms with E-state index in [1.807, 2.05) is 18.2 Å². The Bertz CT molecular complexity index is 507.